The van der Waals surface area contributed by atoms with Gasteiger partial charge in [0.05, 0.1) is 20.4 Å². The molecule has 0 radical (unpaired) electrons. The summed E-state index contributed by atoms with van der Waals surface area (Å²) in [5.74, 6) is -0.581. The maximum absolute atomic E-state index is 11.0. The van der Waals surface area contributed by atoms with Gasteiger partial charge in [-0.25, -0.2) is 9.97 Å². The van der Waals surface area contributed by atoms with Gasteiger partial charge in [0.2, 0.25) is 5.89 Å². The number of rotatable bonds is 4. The molecule has 0 saturated heterocycles. The Bertz CT molecular complexity index is 1090. The van der Waals surface area contributed by atoms with Crippen molar-refractivity contribution in [2.75, 3.05) is 0 Å². The van der Waals surface area contributed by atoms with E-state index in [1.165, 1.54) is 11.3 Å². The molecule has 7 heteroatoms. The molecule has 0 aliphatic rings. The Kier molecular flexibility index (Phi) is 3.99. The smallest absolute Gasteiger partial charge is 0.245 e. The molecule has 0 atom stereocenters. The third-order valence-corrected chi connectivity index (χ3v) is 4.85. The molecule has 0 spiro atoms. The molecule has 0 saturated carbocycles. The van der Waals surface area contributed by atoms with Crippen LogP contribution in [0.5, 0.6) is 0 Å². The number of fused-ring (bicyclic) bond motifs is 1. The van der Waals surface area contributed by atoms with Crippen LogP contribution in [0, 0.1) is 0 Å². The number of aliphatic carboxylic acids is 1. The highest BCUT2D eigenvalue weighted by atomic mass is 35.5. The molecular formula is C18H10ClN2O3S-. The normalized spacial score (nSPS) is 11.1. The molecule has 0 amide bonds. The third kappa shape index (κ3) is 3.14. The van der Waals surface area contributed by atoms with Gasteiger partial charge in [0.15, 0.2) is 5.76 Å². The summed E-state index contributed by atoms with van der Waals surface area (Å²) >= 11 is 7.26. The lowest BCUT2D eigenvalue weighted by Crippen LogP contribution is -2.24. The zero-order chi connectivity index (χ0) is 17.4. The molecule has 1 aromatic carbocycles. The van der Waals surface area contributed by atoms with Gasteiger partial charge in [-0.1, -0.05) is 35.9 Å². The van der Waals surface area contributed by atoms with E-state index in [1.807, 2.05) is 30.3 Å². The molecule has 4 rings (SSSR count). The zero-order valence-electron chi connectivity index (χ0n) is 12.7. The van der Waals surface area contributed by atoms with Crippen molar-refractivity contribution in [1.82, 2.24) is 9.97 Å². The molecule has 3 aromatic heterocycles. The summed E-state index contributed by atoms with van der Waals surface area (Å²) in [5.41, 5.74) is 1.64. The Morgan fingerprint density at radius 1 is 1.12 bits per heavy atom. The Balaban J connectivity index is 1.83. The van der Waals surface area contributed by atoms with E-state index >= 15 is 0 Å². The van der Waals surface area contributed by atoms with E-state index < -0.39 is 5.97 Å². The van der Waals surface area contributed by atoms with Gasteiger partial charge in [0.25, 0.3) is 0 Å². The number of thiophene rings is 1. The summed E-state index contributed by atoms with van der Waals surface area (Å²) < 4.78 is 6.42. The summed E-state index contributed by atoms with van der Waals surface area (Å²) in [5, 5.41) is 12.0. The Labute approximate surface area is 151 Å². The van der Waals surface area contributed by atoms with Crippen molar-refractivity contribution in [3.05, 3.63) is 58.6 Å². The van der Waals surface area contributed by atoms with E-state index in [4.69, 9.17) is 16.0 Å². The SMILES string of the molecule is O=C([O-])Cc1nc(-c2ccc3ccccc3n2)oc1-c1ccc(Cl)s1. The van der Waals surface area contributed by atoms with E-state index in [0.29, 0.717) is 26.4 Å². The van der Waals surface area contributed by atoms with Gasteiger partial charge >= 0.3 is 0 Å². The maximum Gasteiger partial charge on any atom is 0.245 e. The number of carbonyl (C=O) groups excluding carboxylic acids is 1. The van der Waals surface area contributed by atoms with Crippen LogP contribution in [-0.4, -0.2) is 15.9 Å². The van der Waals surface area contributed by atoms with Crippen LogP contribution in [0.3, 0.4) is 0 Å². The average Bonchev–Trinajstić information content (AvgIpc) is 3.20. The first-order chi connectivity index (χ1) is 12.1. The largest absolute Gasteiger partial charge is 0.550 e. The van der Waals surface area contributed by atoms with E-state index in [2.05, 4.69) is 9.97 Å². The van der Waals surface area contributed by atoms with Gasteiger partial charge in [-0.05, 0) is 24.3 Å². The van der Waals surface area contributed by atoms with Crippen LogP contribution < -0.4 is 5.11 Å². The molecule has 0 fully saturated rings. The first kappa shape index (κ1) is 15.8. The fourth-order valence-corrected chi connectivity index (χ4v) is 3.58. The number of hydrogen-bond acceptors (Lipinski definition) is 6. The van der Waals surface area contributed by atoms with Gasteiger partial charge in [0.1, 0.15) is 5.69 Å². The third-order valence-electron chi connectivity index (χ3n) is 3.62. The number of carboxylic acid groups (broad SMARTS) is 1. The zero-order valence-corrected chi connectivity index (χ0v) is 14.3. The number of benzene rings is 1. The van der Waals surface area contributed by atoms with Gasteiger partial charge in [-0.3, -0.25) is 0 Å². The van der Waals surface area contributed by atoms with Gasteiger partial charge in [-0.2, -0.15) is 0 Å². The van der Waals surface area contributed by atoms with E-state index in [9.17, 15) is 9.90 Å². The van der Waals surface area contributed by atoms with Crippen molar-refractivity contribution in [2.24, 2.45) is 0 Å². The molecule has 25 heavy (non-hydrogen) atoms. The summed E-state index contributed by atoms with van der Waals surface area (Å²) in [6.45, 7) is 0. The highest BCUT2D eigenvalue weighted by molar-refractivity contribution is 7.19. The monoisotopic (exact) mass is 369 g/mol. The predicted octanol–water partition coefficient (Wildman–Crippen LogP) is 3.56. The lowest BCUT2D eigenvalue weighted by atomic mass is 10.2. The maximum atomic E-state index is 11.0. The molecular weight excluding hydrogens is 360 g/mol. The molecule has 4 aromatic rings. The molecule has 5 nitrogen and oxygen atoms in total. The lowest BCUT2D eigenvalue weighted by molar-refractivity contribution is -0.304. The predicted molar refractivity (Wildman–Crippen MR) is 94.3 cm³/mol. The second-order valence-corrected chi connectivity index (χ2v) is 7.05. The minimum atomic E-state index is -1.23. The number of hydrogen-bond donors (Lipinski definition) is 0. The number of carbonyl (C=O) groups is 1. The number of halogens is 1. The quantitative estimate of drug-likeness (QED) is 0.549. The topological polar surface area (TPSA) is 79.0 Å². The minimum Gasteiger partial charge on any atom is -0.550 e. The van der Waals surface area contributed by atoms with E-state index in [1.54, 1.807) is 18.2 Å². The fourth-order valence-electron chi connectivity index (χ4n) is 2.53. The summed E-state index contributed by atoms with van der Waals surface area (Å²) in [6, 6.07) is 14.9. The Morgan fingerprint density at radius 2 is 1.96 bits per heavy atom. The number of pyridine rings is 1. The number of carboxylic acids is 1. The van der Waals surface area contributed by atoms with Crippen LogP contribution in [-0.2, 0) is 11.2 Å². The van der Waals surface area contributed by atoms with Crippen LogP contribution in [0.25, 0.3) is 33.1 Å². The van der Waals surface area contributed by atoms with Crippen LogP contribution >= 0.6 is 22.9 Å². The second kappa shape index (κ2) is 6.31. The molecule has 3 heterocycles. The molecule has 0 aliphatic carbocycles. The van der Waals surface area contributed by atoms with Crippen molar-refractivity contribution < 1.29 is 14.3 Å². The van der Waals surface area contributed by atoms with E-state index in [0.717, 1.165) is 10.9 Å². The second-order valence-electron chi connectivity index (χ2n) is 5.34. The van der Waals surface area contributed by atoms with Crippen molar-refractivity contribution in [3.63, 3.8) is 0 Å². The summed E-state index contributed by atoms with van der Waals surface area (Å²) in [4.78, 5) is 20.6. The molecule has 0 N–H and O–H groups in total. The lowest BCUT2D eigenvalue weighted by Gasteiger charge is -1.99. The summed E-state index contributed by atoms with van der Waals surface area (Å²) in [7, 11) is 0. The number of oxazole rings is 1. The van der Waals surface area contributed by atoms with Gasteiger partial charge in [0, 0.05) is 17.8 Å². The molecule has 0 aliphatic heterocycles. The first-order valence-electron chi connectivity index (χ1n) is 7.41. The number of para-hydroxylation sites is 1. The summed E-state index contributed by atoms with van der Waals surface area (Å²) in [6.07, 6.45) is -0.345. The fraction of sp³-hybridized carbons (Fsp3) is 0.0556. The number of nitrogens with zero attached hydrogens (tertiary/aromatic N) is 2. The van der Waals surface area contributed by atoms with Crippen LogP contribution in [0.1, 0.15) is 5.69 Å². The van der Waals surface area contributed by atoms with Gasteiger partial charge < -0.3 is 14.3 Å². The highest BCUT2D eigenvalue weighted by Gasteiger charge is 2.19. The Morgan fingerprint density at radius 3 is 2.72 bits per heavy atom. The van der Waals surface area contributed by atoms with E-state index in [-0.39, 0.29) is 12.3 Å². The molecule has 0 unspecified atom stereocenters. The van der Waals surface area contributed by atoms with Crippen molar-refractivity contribution in [3.8, 4) is 22.2 Å². The van der Waals surface area contributed by atoms with Crippen molar-refractivity contribution in [2.45, 2.75) is 6.42 Å². The van der Waals surface area contributed by atoms with Gasteiger partial charge in [-0.15, -0.1) is 11.3 Å². The Hall–Kier alpha value is -2.70. The van der Waals surface area contributed by atoms with Crippen LogP contribution in [0.2, 0.25) is 4.34 Å². The molecule has 0 bridgehead atoms. The van der Waals surface area contributed by atoms with Crippen molar-refractivity contribution in [1.29, 1.82) is 0 Å². The number of aromatic nitrogens is 2. The van der Waals surface area contributed by atoms with Crippen molar-refractivity contribution >= 4 is 39.8 Å². The standard InChI is InChI=1S/C18H11ClN2O3S/c19-15-8-7-14(25-15)17-13(9-16(22)23)21-18(24-17)12-6-5-10-3-1-2-4-11(10)20-12/h1-8H,9H2,(H,22,23)/p-1. The minimum absolute atomic E-state index is 0.265. The highest BCUT2D eigenvalue weighted by Crippen LogP contribution is 2.36. The first-order valence-corrected chi connectivity index (χ1v) is 8.61. The van der Waals surface area contributed by atoms with Crippen LogP contribution in [0.4, 0.5) is 0 Å². The van der Waals surface area contributed by atoms with Crippen LogP contribution in [0.15, 0.2) is 52.9 Å². The molecule has 124 valence electrons. The average molecular weight is 370 g/mol.